The third-order valence-corrected chi connectivity index (χ3v) is 3.42. The van der Waals surface area contributed by atoms with Gasteiger partial charge >= 0.3 is 0 Å². The van der Waals surface area contributed by atoms with Gasteiger partial charge in [-0.15, -0.1) is 0 Å². The Morgan fingerprint density at radius 2 is 1.94 bits per heavy atom. The van der Waals surface area contributed by atoms with Crippen LogP contribution in [0.5, 0.6) is 0 Å². The number of hydrogen-bond acceptors (Lipinski definition) is 0. The number of fused-ring (bicyclic) bond motifs is 1. The zero-order chi connectivity index (χ0) is 11.5. The first-order chi connectivity index (χ1) is 7.72. The van der Waals surface area contributed by atoms with Gasteiger partial charge in [0.05, 0.1) is 0 Å². The molecule has 0 unspecified atom stereocenters. The number of halogens is 1. The third-order valence-electron chi connectivity index (χ3n) is 3.03. The van der Waals surface area contributed by atoms with E-state index in [2.05, 4.69) is 66.2 Å². The van der Waals surface area contributed by atoms with Gasteiger partial charge in [0.15, 0.2) is 0 Å². The lowest BCUT2D eigenvalue weighted by molar-refractivity contribution is 0.868. The molecule has 0 saturated heterocycles. The summed E-state index contributed by atoms with van der Waals surface area (Å²) in [6.07, 6.45) is 1.10. The van der Waals surface area contributed by atoms with E-state index in [1.165, 1.54) is 21.9 Å². The minimum atomic E-state index is 0.599. The molecule has 0 aliphatic heterocycles. The SMILES string of the molecule is CC(C)c1ccc2cccc(CCBr)c2c1. The molecule has 0 bridgehead atoms. The summed E-state index contributed by atoms with van der Waals surface area (Å²) in [7, 11) is 0. The summed E-state index contributed by atoms with van der Waals surface area (Å²) in [4.78, 5) is 0. The Balaban J connectivity index is 2.59. The van der Waals surface area contributed by atoms with Gasteiger partial charge in [0, 0.05) is 5.33 Å². The quantitative estimate of drug-likeness (QED) is 0.700. The van der Waals surface area contributed by atoms with Crippen molar-refractivity contribution >= 4 is 26.7 Å². The molecule has 0 atom stereocenters. The predicted molar refractivity (Wildman–Crippen MR) is 75.5 cm³/mol. The molecule has 0 heterocycles. The Kier molecular flexibility index (Phi) is 3.65. The Morgan fingerprint density at radius 3 is 2.62 bits per heavy atom. The van der Waals surface area contributed by atoms with Crippen LogP contribution < -0.4 is 0 Å². The fraction of sp³-hybridized carbons (Fsp3) is 0.333. The molecule has 0 amide bonds. The molecule has 2 aromatic carbocycles. The highest BCUT2D eigenvalue weighted by Crippen LogP contribution is 2.24. The zero-order valence-electron chi connectivity index (χ0n) is 9.83. The van der Waals surface area contributed by atoms with Crippen molar-refractivity contribution in [1.82, 2.24) is 0 Å². The van der Waals surface area contributed by atoms with Crippen LogP contribution in [0.15, 0.2) is 36.4 Å². The summed E-state index contributed by atoms with van der Waals surface area (Å²) in [6.45, 7) is 4.49. The molecular weight excluding hydrogens is 260 g/mol. The van der Waals surface area contributed by atoms with Gasteiger partial charge in [-0.25, -0.2) is 0 Å². The molecule has 0 fully saturated rings. The molecule has 0 radical (unpaired) electrons. The first kappa shape index (κ1) is 11.7. The molecule has 0 aliphatic rings. The summed E-state index contributed by atoms with van der Waals surface area (Å²) in [5, 5.41) is 3.79. The predicted octanol–water partition coefficient (Wildman–Crippen LogP) is 4.90. The van der Waals surface area contributed by atoms with E-state index < -0.39 is 0 Å². The van der Waals surface area contributed by atoms with Crippen LogP contribution in [-0.2, 0) is 6.42 Å². The van der Waals surface area contributed by atoms with Crippen LogP contribution in [0.4, 0.5) is 0 Å². The highest BCUT2D eigenvalue weighted by atomic mass is 79.9. The van der Waals surface area contributed by atoms with Crippen molar-refractivity contribution in [2.45, 2.75) is 26.2 Å². The van der Waals surface area contributed by atoms with Crippen molar-refractivity contribution in [3.05, 3.63) is 47.5 Å². The first-order valence-electron chi connectivity index (χ1n) is 5.80. The highest BCUT2D eigenvalue weighted by molar-refractivity contribution is 9.09. The van der Waals surface area contributed by atoms with Gasteiger partial charge in [-0.05, 0) is 34.2 Å². The van der Waals surface area contributed by atoms with Crippen molar-refractivity contribution in [2.75, 3.05) is 5.33 Å². The zero-order valence-corrected chi connectivity index (χ0v) is 11.4. The number of benzene rings is 2. The molecule has 84 valence electrons. The van der Waals surface area contributed by atoms with Crippen LogP contribution in [0.1, 0.15) is 30.9 Å². The monoisotopic (exact) mass is 276 g/mol. The molecule has 0 saturated carbocycles. The van der Waals surface area contributed by atoms with Crippen molar-refractivity contribution in [3.63, 3.8) is 0 Å². The standard InChI is InChI=1S/C15H17Br/c1-11(2)14-7-6-12-4-3-5-13(8-9-16)15(12)10-14/h3-7,10-11H,8-9H2,1-2H3. The van der Waals surface area contributed by atoms with E-state index in [0.29, 0.717) is 5.92 Å². The van der Waals surface area contributed by atoms with Crippen LogP contribution in [0, 0.1) is 0 Å². The van der Waals surface area contributed by atoms with Crippen molar-refractivity contribution in [2.24, 2.45) is 0 Å². The van der Waals surface area contributed by atoms with Crippen LogP contribution in [-0.4, -0.2) is 5.33 Å². The average molecular weight is 277 g/mol. The van der Waals surface area contributed by atoms with Crippen LogP contribution in [0.2, 0.25) is 0 Å². The second kappa shape index (κ2) is 5.01. The van der Waals surface area contributed by atoms with Crippen molar-refractivity contribution < 1.29 is 0 Å². The lowest BCUT2D eigenvalue weighted by atomic mass is 9.96. The van der Waals surface area contributed by atoms with E-state index in [0.717, 1.165) is 11.8 Å². The van der Waals surface area contributed by atoms with E-state index in [9.17, 15) is 0 Å². The lowest BCUT2D eigenvalue weighted by Gasteiger charge is -2.10. The summed E-state index contributed by atoms with van der Waals surface area (Å²) < 4.78 is 0. The van der Waals surface area contributed by atoms with E-state index in [-0.39, 0.29) is 0 Å². The second-order valence-corrected chi connectivity index (χ2v) is 5.28. The topological polar surface area (TPSA) is 0 Å². The third kappa shape index (κ3) is 2.30. The van der Waals surface area contributed by atoms with E-state index in [1.54, 1.807) is 0 Å². The van der Waals surface area contributed by atoms with Gasteiger partial charge in [0.2, 0.25) is 0 Å². The maximum Gasteiger partial charge on any atom is 0.00720 e. The normalized spacial score (nSPS) is 11.2. The fourth-order valence-corrected chi connectivity index (χ4v) is 2.46. The second-order valence-electron chi connectivity index (χ2n) is 4.49. The van der Waals surface area contributed by atoms with E-state index in [1.807, 2.05) is 0 Å². The van der Waals surface area contributed by atoms with Gasteiger partial charge < -0.3 is 0 Å². The lowest BCUT2D eigenvalue weighted by Crippen LogP contribution is -1.91. The van der Waals surface area contributed by atoms with E-state index in [4.69, 9.17) is 0 Å². The molecule has 2 aromatic rings. The van der Waals surface area contributed by atoms with Crippen molar-refractivity contribution in [1.29, 1.82) is 0 Å². The Labute approximate surface area is 106 Å². The van der Waals surface area contributed by atoms with Gasteiger partial charge in [-0.1, -0.05) is 66.2 Å². The molecule has 0 spiro atoms. The van der Waals surface area contributed by atoms with Crippen LogP contribution in [0.25, 0.3) is 10.8 Å². The molecule has 2 rings (SSSR count). The number of rotatable bonds is 3. The summed E-state index contributed by atoms with van der Waals surface area (Å²) in [6, 6.07) is 13.4. The Bertz CT molecular complexity index is 486. The summed E-state index contributed by atoms with van der Waals surface area (Å²) >= 11 is 3.52. The van der Waals surface area contributed by atoms with Crippen LogP contribution >= 0.6 is 15.9 Å². The van der Waals surface area contributed by atoms with E-state index >= 15 is 0 Å². The van der Waals surface area contributed by atoms with Gasteiger partial charge in [0.25, 0.3) is 0 Å². The molecule has 0 aromatic heterocycles. The first-order valence-corrected chi connectivity index (χ1v) is 6.92. The number of hydrogen-bond donors (Lipinski definition) is 0. The Morgan fingerprint density at radius 1 is 1.12 bits per heavy atom. The maximum atomic E-state index is 3.52. The molecule has 0 aliphatic carbocycles. The summed E-state index contributed by atoms with van der Waals surface area (Å²) in [5.41, 5.74) is 2.87. The highest BCUT2D eigenvalue weighted by Gasteiger charge is 2.04. The minimum absolute atomic E-state index is 0.599. The van der Waals surface area contributed by atoms with Gasteiger partial charge in [-0.3, -0.25) is 0 Å². The smallest absolute Gasteiger partial charge is 0.00720 e. The molecule has 16 heavy (non-hydrogen) atoms. The fourth-order valence-electron chi connectivity index (χ4n) is 2.03. The maximum absolute atomic E-state index is 3.52. The van der Waals surface area contributed by atoms with Gasteiger partial charge in [0.1, 0.15) is 0 Å². The largest absolute Gasteiger partial charge is 0.0924 e. The molecule has 1 heteroatoms. The summed E-state index contributed by atoms with van der Waals surface area (Å²) in [5.74, 6) is 0.599. The van der Waals surface area contributed by atoms with Crippen LogP contribution in [0.3, 0.4) is 0 Å². The van der Waals surface area contributed by atoms with Crippen molar-refractivity contribution in [3.8, 4) is 0 Å². The molecule has 0 N–H and O–H groups in total. The molecular formula is C15H17Br. The van der Waals surface area contributed by atoms with Gasteiger partial charge in [-0.2, -0.15) is 0 Å². The number of aryl methyl sites for hydroxylation is 1. The average Bonchev–Trinajstić information content (AvgIpc) is 2.29. The molecule has 0 nitrogen and oxygen atoms in total. The minimum Gasteiger partial charge on any atom is -0.0924 e. The number of alkyl halides is 1. The Hall–Kier alpha value is -0.820.